The van der Waals surface area contributed by atoms with Gasteiger partial charge in [0.25, 0.3) is 0 Å². The Balaban J connectivity index is 2.76. The van der Waals surface area contributed by atoms with Gasteiger partial charge >= 0.3 is 5.97 Å². The number of halogens is 1. The second-order valence-corrected chi connectivity index (χ2v) is 5.93. The summed E-state index contributed by atoms with van der Waals surface area (Å²) in [6.07, 6.45) is 0. The van der Waals surface area contributed by atoms with E-state index in [-0.39, 0.29) is 0 Å². The fourth-order valence-electron chi connectivity index (χ4n) is 0.999. The van der Waals surface area contributed by atoms with Gasteiger partial charge in [-0.25, -0.2) is 4.79 Å². The third-order valence-electron chi connectivity index (χ3n) is 1.92. The summed E-state index contributed by atoms with van der Waals surface area (Å²) in [4.78, 5) is 14.4. The van der Waals surface area contributed by atoms with Crippen molar-refractivity contribution in [3.63, 3.8) is 0 Å². The molecule has 0 atom stereocenters. The average molecular weight is 258 g/mol. The number of benzene rings is 1. The van der Waals surface area contributed by atoms with E-state index in [1.54, 1.807) is 13.8 Å². The molecule has 1 rings (SSSR count). The van der Waals surface area contributed by atoms with Crippen LogP contribution in [0.5, 0.6) is 0 Å². The van der Waals surface area contributed by atoms with E-state index in [4.69, 9.17) is 12.2 Å². The van der Waals surface area contributed by atoms with Gasteiger partial charge in [0, 0.05) is 4.53 Å². The van der Waals surface area contributed by atoms with Crippen molar-refractivity contribution in [1.29, 1.82) is 0 Å². The third kappa shape index (κ3) is 3.28. The normalized spacial score (nSPS) is 10.9. The number of thioether (sulfide) groups is 1. The Morgan fingerprint density at radius 3 is 2.44 bits per heavy atom. The zero-order chi connectivity index (χ0) is 12.2. The summed E-state index contributed by atoms with van der Waals surface area (Å²) < 4.78 is 11.3. The minimum atomic E-state index is -1.03. The molecule has 0 saturated heterocycles. The Morgan fingerprint density at radius 1 is 1.38 bits per heavy atom. The predicted molar refractivity (Wildman–Crippen MR) is 67.0 cm³/mol. The SMILES string of the molecule is CC(C)(SC(=S)c1ccccc1)C(=O)OF. The lowest BCUT2D eigenvalue weighted by atomic mass is 10.2. The quantitative estimate of drug-likeness (QED) is 0.777. The highest BCUT2D eigenvalue weighted by molar-refractivity contribution is 8.24. The van der Waals surface area contributed by atoms with E-state index in [0.717, 1.165) is 17.3 Å². The van der Waals surface area contributed by atoms with E-state index >= 15 is 0 Å². The molecular formula is C11H11FO2S2. The topological polar surface area (TPSA) is 26.3 Å². The van der Waals surface area contributed by atoms with Crippen molar-refractivity contribution < 1.29 is 14.3 Å². The number of carbonyl (C=O) groups is 1. The highest BCUT2D eigenvalue weighted by Gasteiger charge is 2.33. The van der Waals surface area contributed by atoms with E-state index in [2.05, 4.69) is 4.94 Å². The first-order valence-corrected chi connectivity index (χ1v) is 5.81. The first kappa shape index (κ1) is 13.1. The molecule has 0 heterocycles. The Labute approximate surface area is 103 Å². The molecule has 0 aliphatic carbocycles. The number of carbonyl (C=O) groups excluding carboxylic acids is 1. The molecule has 2 nitrogen and oxygen atoms in total. The summed E-state index contributed by atoms with van der Waals surface area (Å²) in [6, 6.07) is 9.25. The maximum Gasteiger partial charge on any atom is 0.364 e. The van der Waals surface area contributed by atoms with Crippen molar-refractivity contribution in [2.75, 3.05) is 0 Å². The molecular weight excluding hydrogens is 247 g/mol. The smallest absolute Gasteiger partial charge is 0.253 e. The molecule has 0 amide bonds. The van der Waals surface area contributed by atoms with Crippen molar-refractivity contribution >= 4 is 34.1 Å². The molecule has 0 aromatic heterocycles. The lowest BCUT2D eigenvalue weighted by molar-refractivity contribution is -0.185. The molecule has 0 radical (unpaired) electrons. The summed E-state index contributed by atoms with van der Waals surface area (Å²) in [5, 5.41) is 0. The lowest BCUT2D eigenvalue weighted by Gasteiger charge is -2.18. The predicted octanol–water partition coefficient (Wildman–Crippen LogP) is 3.30. The molecule has 1 aromatic rings. The van der Waals surface area contributed by atoms with E-state index < -0.39 is 10.7 Å². The Hall–Kier alpha value is -0.940. The van der Waals surface area contributed by atoms with E-state index in [1.165, 1.54) is 0 Å². The summed E-state index contributed by atoms with van der Waals surface area (Å²) >= 11 is 6.27. The molecule has 5 heteroatoms. The molecule has 0 fully saturated rings. The first-order chi connectivity index (χ1) is 7.47. The third-order valence-corrected chi connectivity index (χ3v) is 3.50. The number of hydrogen-bond acceptors (Lipinski definition) is 4. The van der Waals surface area contributed by atoms with Gasteiger partial charge in [0.1, 0.15) is 4.75 Å². The fraction of sp³-hybridized carbons (Fsp3) is 0.273. The van der Waals surface area contributed by atoms with Gasteiger partial charge in [0.2, 0.25) is 0 Å². The Bertz CT molecular complexity index is 390. The maximum atomic E-state index is 11.8. The van der Waals surface area contributed by atoms with Gasteiger partial charge in [-0.1, -0.05) is 54.3 Å². The molecule has 0 N–H and O–H groups in total. The van der Waals surface area contributed by atoms with Crippen molar-refractivity contribution in [3.8, 4) is 0 Å². The van der Waals surface area contributed by atoms with Crippen LogP contribution in [0.1, 0.15) is 19.4 Å². The van der Waals surface area contributed by atoms with Crippen LogP contribution in [0.4, 0.5) is 4.53 Å². The van der Waals surface area contributed by atoms with Crippen molar-refractivity contribution in [2.24, 2.45) is 0 Å². The standard InChI is InChI=1S/C11H11FO2S2/c1-11(2,10(13)14-12)16-9(15)8-6-4-3-5-7-8/h3-7H,1-2H3. The lowest BCUT2D eigenvalue weighted by Crippen LogP contribution is -2.29. The van der Waals surface area contributed by atoms with Crippen LogP contribution in [0.25, 0.3) is 0 Å². The van der Waals surface area contributed by atoms with Crippen molar-refractivity contribution in [1.82, 2.24) is 0 Å². The van der Waals surface area contributed by atoms with Crippen LogP contribution in [-0.4, -0.2) is 14.9 Å². The van der Waals surface area contributed by atoms with Crippen LogP contribution < -0.4 is 0 Å². The molecule has 0 bridgehead atoms. The van der Waals surface area contributed by atoms with Gasteiger partial charge in [0.05, 0.1) is 4.20 Å². The van der Waals surface area contributed by atoms with Crippen LogP contribution in [0.2, 0.25) is 0 Å². The Morgan fingerprint density at radius 2 is 1.94 bits per heavy atom. The van der Waals surface area contributed by atoms with Gasteiger partial charge in [-0.05, 0) is 19.4 Å². The van der Waals surface area contributed by atoms with Crippen LogP contribution in [-0.2, 0) is 9.74 Å². The van der Waals surface area contributed by atoms with Crippen LogP contribution in [0, 0.1) is 0 Å². The van der Waals surface area contributed by atoms with Crippen LogP contribution >= 0.6 is 24.0 Å². The number of thiocarbonyl (C=S) groups is 1. The largest absolute Gasteiger partial charge is 0.364 e. The average Bonchev–Trinajstić information content (AvgIpc) is 2.28. The molecule has 0 spiro atoms. The first-order valence-electron chi connectivity index (χ1n) is 4.59. The van der Waals surface area contributed by atoms with Gasteiger partial charge in [-0.15, -0.1) is 0 Å². The minimum Gasteiger partial charge on any atom is -0.253 e. The van der Waals surface area contributed by atoms with Gasteiger partial charge < -0.3 is 0 Å². The highest BCUT2D eigenvalue weighted by Crippen LogP contribution is 2.30. The molecule has 0 unspecified atom stereocenters. The zero-order valence-electron chi connectivity index (χ0n) is 8.90. The van der Waals surface area contributed by atoms with Gasteiger partial charge in [0.15, 0.2) is 0 Å². The van der Waals surface area contributed by atoms with Crippen LogP contribution in [0.3, 0.4) is 0 Å². The number of hydrogen-bond donors (Lipinski definition) is 0. The Kier molecular flexibility index (Phi) is 4.44. The maximum absolute atomic E-state index is 11.8. The molecule has 16 heavy (non-hydrogen) atoms. The summed E-state index contributed by atoms with van der Waals surface area (Å²) in [7, 11) is 0. The van der Waals surface area contributed by atoms with E-state index in [9.17, 15) is 9.32 Å². The summed E-state index contributed by atoms with van der Waals surface area (Å²) in [5.41, 5.74) is 0.835. The summed E-state index contributed by atoms with van der Waals surface area (Å²) in [5.74, 6) is -0.934. The van der Waals surface area contributed by atoms with Gasteiger partial charge in [-0.2, -0.15) is 0 Å². The minimum absolute atomic E-state index is 0.538. The second-order valence-electron chi connectivity index (χ2n) is 3.63. The molecule has 0 aliphatic rings. The number of rotatable bonds is 3. The van der Waals surface area contributed by atoms with E-state index in [0.29, 0.717) is 4.20 Å². The summed E-state index contributed by atoms with van der Waals surface area (Å²) in [6.45, 7) is 3.13. The fourth-order valence-corrected chi connectivity index (χ4v) is 2.59. The molecule has 1 aromatic carbocycles. The zero-order valence-corrected chi connectivity index (χ0v) is 10.5. The van der Waals surface area contributed by atoms with E-state index in [1.807, 2.05) is 30.3 Å². The highest BCUT2D eigenvalue weighted by atomic mass is 32.2. The van der Waals surface area contributed by atoms with Gasteiger partial charge in [-0.3, -0.25) is 4.94 Å². The van der Waals surface area contributed by atoms with Crippen molar-refractivity contribution in [3.05, 3.63) is 35.9 Å². The second kappa shape index (κ2) is 5.41. The van der Waals surface area contributed by atoms with Crippen LogP contribution in [0.15, 0.2) is 30.3 Å². The molecule has 0 saturated carbocycles. The molecule has 86 valence electrons. The molecule has 0 aliphatic heterocycles. The van der Waals surface area contributed by atoms with Crippen molar-refractivity contribution in [2.45, 2.75) is 18.6 Å². The monoisotopic (exact) mass is 258 g/mol.